The summed E-state index contributed by atoms with van der Waals surface area (Å²) in [7, 11) is 2.10. The maximum absolute atomic E-state index is 9.19. The van der Waals surface area contributed by atoms with Crippen molar-refractivity contribution in [2.75, 3.05) is 20.1 Å². The summed E-state index contributed by atoms with van der Waals surface area (Å²) in [5, 5.41) is 18.4. The van der Waals surface area contributed by atoms with Gasteiger partial charge in [0.1, 0.15) is 0 Å². The van der Waals surface area contributed by atoms with Gasteiger partial charge in [-0.25, -0.2) is 0 Å². The molecular formula is C10H21NO2. The minimum Gasteiger partial charge on any atom is -0.368 e. The number of aliphatic hydroxyl groups excluding tert-OH is 1. The molecule has 0 amide bonds. The third-order valence-electron chi connectivity index (χ3n) is 3.12. The number of likely N-dealkylation sites (tertiary alicyclic amines) is 1. The molecule has 1 aliphatic heterocycles. The van der Waals surface area contributed by atoms with E-state index in [0.29, 0.717) is 5.92 Å². The molecule has 1 rings (SSSR count). The topological polar surface area (TPSA) is 43.7 Å². The second-order valence-electron chi connectivity index (χ2n) is 4.15. The van der Waals surface area contributed by atoms with E-state index in [4.69, 9.17) is 0 Å². The number of piperidine rings is 1. The standard InChI is InChI=1S/C10H21NO2/c1-3-9(10(12)13)8-5-4-6-11(2)7-8/h8-10,12-13H,3-7H2,1-2H3. The summed E-state index contributed by atoms with van der Waals surface area (Å²) in [5.41, 5.74) is 0. The van der Waals surface area contributed by atoms with Crippen LogP contribution in [0.1, 0.15) is 26.2 Å². The van der Waals surface area contributed by atoms with Crippen molar-refractivity contribution in [3.05, 3.63) is 0 Å². The second-order valence-corrected chi connectivity index (χ2v) is 4.15. The molecule has 13 heavy (non-hydrogen) atoms. The van der Waals surface area contributed by atoms with Crippen molar-refractivity contribution in [3.8, 4) is 0 Å². The first kappa shape index (κ1) is 11.0. The third kappa shape index (κ3) is 2.93. The molecule has 1 fully saturated rings. The van der Waals surface area contributed by atoms with Crippen molar-refractivity contribution in [1.82, 2.24) is 4.90 Å². The van der Waals surface area contributed by atoms with Crippen LogP contribution in [0.5, 0.6) is 0 Å². The summed E-state index contributed by atoms with van der Waals surface area (Å²) in [6, 6.07) is 0. The Hall–Kier alpha value is -0.120. The van der Waals surface area contributed by atoms with Crippen LogP contribution < -0.4 is 0 Å². The summed E-state index contributed by atoms with van der Waals surface area (Å²) < 4.78 is 0. The van der Waals surface area contributed by atoms with Crippen LogP contribution in [0.15, 0.2) is 0 Å². The summed E-state index contributed by atoms with van der Waals surface area (Å²) in [4.78, 5) is 2.28. The zero-order valence-electron chi connectivity index (χ0n) is 8.61. The van der Waals surface area contributed by atoms with Crippen LogP contribution in [0.25, 0.3) is 0 Å². The fraction of sp³-hybridized carbons (Fsp3) is 1.00. The summed E-state index contributed by atoms with van der Waals surface area (Å²) in [5.74, 6) is 0.520. The molecule has 0 saturated carbocycles. The minimum atomic E-state index is -1.14. The van der Waals surface area contributed by atoms with E-state index in [1.54, 1.807) is 0 Å². The average Bonchev–Trinajstić information content (AvgIpc) is 2.04. The molecule has 0 spiro atoms. The maximum atomic E-state index is 9.19. The predicted molar refractivity (Wildman–Crippen MR) is 52.2 cm³/mol. The van der Waals surface area contributed by atoms with Gasteiger partial charge in [-0.05, 0) is 38.8 Å². The Bertz CT molecular complexity index is 150. The van der Waals surface area contributed by atoms with Gasteiger partial charge in [-0.2, -0.15) is 0 Å². The van der Waals surface area contributed by atoms with Gasteiger partial charge in [0.2, 0.25) is 0 Å². The average molecular weight is 187 g/mol. The Labute approximate surface area is 80.4 Å². The van der Waals surface area contributed by atoms with Gasteiger partial charge in [0.15, 0.2) is 6.29 Å². The quantitative estimate of drug-likeness (QED) is 0.638. The molecule has 0 aromatic carbocycles. The van der Waals surface area contributed by atoms with E-state index in [9.17, 15) is 10.2 Å². The van der Waals surface area contributed by atoms with Crippen LogP contribution in [-0.2, 0) is 0 Å². The molecule has 0 aromatic heterocycles. The highest BCUT2D eigenvalue weighted by molar-refractivity contribution is 4.77. The Balaban J connectivity index is 2.47. The van der Waals surface area contributed by atoms with Crippen molar-refractivity contribution in [2.45, 2.75) is 32.5 Å². The monoisotopic (exact) mass is 187 g/mol. The van der Waals surface area contributed by atoms with E-state index < -0.39 is 6.29 Å². The lowest BCUT2D eigenvalue weighted by atomic mass is 9.83. The zero-order chi connectivity index (χ0) is 9.84. The molecule has 1 heterocycles. The Kier molecular flexibility index (Phi) is 4.16. The first-order valence-electron chi connectivity index (χ1n) is 5.19. The van der Waals surface area contributed by atoms with Crippen molar-refractivity contribution >= 4 is 0 Å². The van der Waals surface area contributed by atoms with Gasteiger partial charge in [0, 0.05) is 12.5 Å². The van der Waals surface area contributed by atoms with Gasteiger partial charge < -0.3 is 15.1 Å². The van der Waals surface area contributed by atoms with Crippen LogP contribution in [0.4, 0.5) is 0 Å². The van der Waals surface area contributed by atoms with E-state index in [2.05, 4.69) is 11.9 Å². The highest BCUT2D eigenvalue weighted by Gasteiger charge is 2.28. The normalized spacial score (nSPS) is 27.9. The molecular weight excluding hydrogens is 166 g/mol. The summed E-state index contributed by atoms with van der Waals surface area (Å²) in [6.07, 6.45) is 2.04. The van der Waals surface area contributed by atoms with Crippen LogP contribution in [0.3, 0.4) is 0 Å². The van der Waals surface area contributed by atoms with E-state index in [-0.39, 0.29) is 5.92 Å². The van der Waals surface area contributed by atoms with Crippen LogP contribution in [-0.4, -0.2) is 41.5 Å². The van der Waals surface area contributed by atoms with E-state index in [1.807, 2.05) is 6.92 Å². The van der Waals surface area contributed by atoms with E-state index >= 15 is 0 Å². The van der Waals surface area contributed by atoms with Gasteiger partial charge in [0.05, 0.1) is 0 Å². The molecule has 0 bridgehead atoms. The minimum absolute atomic E-state index is 0.0581. The smallest absolute Gasteiger partial charge is 0.154 e. The first-order chi connectivity index (χ1) is 6.15. The number of aliphatic hydroxyl groups is 2. The zero-order valence-corrected chi connectivity index (χ0v) is 8.61. The molecule has 3 nitrogen and oxygen atoms in total. The third-order valence-corrected chi connectivity index (χ3v) is 3.12. The molecule has 2 N–H and O–H groups in total. The van der Waals surface area contributed by atoms with Crippen molar-refractivity contribution < 1.29 is 10.2 Å². The fourth-order valence-corrected chi connectivity index (χ4v) is 2.34. The molecule has 1 aliphatic rings. The molecule has 2 atom stereocenters. The molecule has 3 heteroatoms. The first-order valence-corrected chi connectivity index (χ1v) is 5.19. The van der Waals surface area contributed by atoms with E-state index in [0.717, 1.165) is 25.9 Å². The SMILES string of the molecule is CCC(C(O)O)C1CCCN(C)C1. The molecule has 2 unspecified atom stereocenters. The summed E-state index contributed by atoms with van der Waals surface area (Å²) in [6.45, 7) is 4.18. The van der Waals surface area contributed by atoms with Crippen molar-refractivity contribution in [2.24, 2.45) is 11.8 Å². The number of hydrogen-bond acceptors (Lipinski definition) is 3. The maximum Gasteiger partial charge on any atom is 0.154 e. The largest absolute Gasteiger partial charge is 0.368 e. The highest BCUT2D eigenvalue weighted by atomic mass is 16.5. The van der Waals surface area contributed by atoms with Crippen LogP contribution in [0, 0.1) is 11.8 Å². The van der Waals surface area contributed by atoms with Gasteiger partial charge in [0.25, 0.3) is 0 Å². The Morgan fingerprint density at radius 1 is 1.46 bits per heavy atom. The van der Waals surface area contributed by atoms with Crippen LogP contribution >= 0.6 is 0 Å². The number of nitrogens with zero attached hydrogens (tertiary/aromatic N) is 1. The van der Waals surface area contributed by atoms with E-state index in [1.165, 1.54) is 6.42 Å². The van der Waals surface area contributed by atoms with Gasteiger partial charge in [-0.15, -0.1) is 0 Å². The molecule has 0 radical (unpaired) electrons. The van der Waals surface area contributed by atoms with Crippen molar-refractivity contribution in [3.63, 3.8) is 0 Å². The lowest BCUT2D eigenvalue weighted by molar-refractivity contribution is -0.108. The van der Waals surface area contributed by atoms with Gasteiger partial charge in [-0.3, -0.25) is 0 Å². The Morgan fingerprint density at radius 3 is 2.62 bits per heavy atom. The molecule has 78 valence electrons. The second kappa shape index (κ2) is 4.94. The molecule has 0 aliphatic carbocycles. The van der Waals surface area contributed by atoms with Crippen LogP contribution in [0.2, 0.25) is 0 Å². The lowest BCUT2D eigenvalue weighted by Crippen LogP contribution is -2.39. The lowest BCUT2D eigenvalue weighted by Gasteiger charge is -2.35. The fourth-order valence-electron chi connectivity index (χ4n) is 2.34. The summed E-state index contributed by atoms with van der Waals surface area (Å²) >= 11 is 0. The molecule has 1 saturated heterocycles. The number of rotatable bonds is 3. The Morgan fingerprint density at radius 2 is 2.15 bits per heavy atom. The number of hydrogen-bond donors (Lipinski definition) is 2. The van der Waals surface area contributed by atoms with Crippen molar-refractivity contribution in [1.29, 1.82) is 0 Å². The van der Waals surface area contributed by atoms with Gasteiger partial charge in [-0.1, -0.05) is 6.92 Å². The van der Waals surface area contributed by atoms with Gasteiger partial charge >= 0.3 is 0 Å². The highest BCUT2D eigenvalue weighted by Crippen LogP contribution is 2.27. The molecule has 0 aromatic rings. The predicted octanol–water partition coefficient (Wildman–Crippen LogP) is 0.665.